The highest BCUT2D eigenvalue weighted by Crippen LogP contribution is 2.41. The number of aliphatic hydroxyl groups is 1. The highest BCUT2D eigenvalue weighted by molar-refractivity contribution is 5.76. The van der Waals surface area contributed by atoms with Crippen LogP contribution in [-0.4, -0.2) is 29.4 Å². The number of aromatic amines is 1. The van der Waals surface area contributed by atoms with E-state index < -0.39 is 18.0 Å². The predicted octanol–water partition coefficient (Wildman–Crippen LogP) is 1.68. The van der Waals surface area contributed by atoms with Crippen LogP contribution in [0.25, 0.3) is 0 Å². The number of ether oxygens (including phenoxy) is 1. The lowest BCUT2D eigenvalue weighted by molar-refractivity contribution is -0.123. The van der Waals surface area contributed by atoms with Crippen molar-refractivity contribution in [3.8, 4) is 5.75 Å². The van der Waals surface area contributed by atoms with Crippen LogP contribution in [0.3, 0.4) is 0 Å². The van der Waals surface area contributed by atoms with Crippen LogP contribution in [0.1, 0.15) is 36.6 Å². The highest BCUT2D eigenvalue weighted by Gasteiger charge is 2.37. The summed E-state index contributed by atoms with van der Waals surface area (Å²) < 4.78 is 24.0. The van der Waals surface area contributed by atoms with Crippen LogP contribution in [0, 0.1) is 11.7 Å². The first kappa shape index (κ1) is 18.2. The van der Waals surface area contributed by atoms with E-state index in [2.05, 4.69) is 10.5 Å². The van der Waals surface area contributed by atoms with Gasteiger partial charge in [-0.2, -0.15) is 5.16 Å². The number of hydrogen-bond acceptors (Lipinski definition) is 5. The first-order chi connectivity index (χ1) is 12.5. The van der Waals surface area contributed by atoms with E-state index in [0.717, 1.165) is 0 Å². The van der Waals surface area contributed by atoms with E-state index in [-0.39, 0.29) is 30.2 Å². The summed E-state index contributed by atoms with van der Waals surface area (Å²) in [6.45, 7) is 0. The van der Waals surface area contributed by atoms with Crippen molar-refractivity contribution in [3.63, 3.8) is 0 Å². The molecule has 140 valence electrons. The van der Waals surface area contributed by atoms with Gasteiger partial charge in [0.2, 0.25) is 5.91 Å². The molecule has 3 rings (SSSR count). The van der Waals surface area contributed by atoms with Gasteiger partial charge in [0, 0.05) is 24.5 Å². The maximum absolute atomic E-state index is 13.8. The second-order valence-electron chi connectivity index (χ2n) is 6.50. The Kier molecular flexibility index (Phi) is 5.41. The molecular formula is C18H21FN2O5. The molecule has 1 saturated carbocycles. The maximum Gasteiger partial charge on any atom is 0.280 e. The molecule has 0 radical (unpaired) electrons. The minimum absolute atomic E-state index is 0.00478. The molecule has 0 saturated heterocycles. The fourth-order valence-corrected chi connectivity index (χ4v) is 3.23. The number of aryl methyl sites for hydroxylation is 1. The third-order valence-corrected chi connectivity index (χ3v) is 4.64. The van der Waals surface area contributed by atoms with E-state index in [1.165, 1.54) is 31.4 Å². The fourth-order valence-electron chi connectivity index (χ4n) is 3.23. The Morgan fingerprint density at radius 3 is 2.85 bits per heavy atom. The lowest BCUT2D eigenvalue weighted by atomic mass is 9.74. The number of aliphatic hydroxyl groups excluding tert-OH is 1. The van der Waals surface area contributed by atoms with E-state index in [9.17, 15) is 19.1 Å². The Hall–Kier alpha value is -2.61. The van der Waals surface area contributed by atoms with Crippen molar-refractivity contribution in [2.24, 2.45) is 5.92 Å². The summed E-state index contributed by atoms with van der Waals surface area (Å²) in [4.78, 5) is 23.4. The quantitative estimate of drug-likeness (QED) is 0.693. The first-order valence-electron chi connectivity index (χ1n) is 8.44. The molecule has 0 bridgehead atoms. The van der Waals surface area contributed by atoms with Crippen LogP contribution in [0.5, 0.6) is 5.75 Å². The maximum atomic E-state index is 13.8. The van der Waals surface area contributed by atoms with Gasteiger partial charge in [-0.05, 0) is 37.0 Å². The Morgan fingerprint density at radius 2 is 2.23 bits per heavy atom. The minimum Gasteiger partial charge on any atom is -0.496 e. The van der Waals surface area contributed by atoms with Crippen molar-refractivity contribution in [3.05, 3.63) is 51.8 Å². The number of nitrogens with one attached hydrogen (secondary N) is 2. The van der Waals surface area contributed by atoms with Crippen LogP contribution in [-0.2, 0) is 11.2 Å². The van der Waals surface area contributed by atoms with Gasteiger partial charge in [-0.3, -0.25) is 9.59 Å². The molecule has 8 heteroatoms. The Labute approximate surface area is 149 Å². The molecule has 7 nitrogen and oxygen atoms in total. The van der Waals surface area contributed by atoms with Gasteiger partial charge in [-0.1, -0.05) is 0 Å². The van der Waals surface area contributed by atoms with Crippen LogP contribution < -0.4 is 15.6 Å². The smallest absolute Gasteiger partial charge is 0.280 e. The second kappa shape index (κ2) is 7.74. The molecule has 1 amide bonds. The van der Waals surface area contributed by atoms with E-state index >= 15 is 0 Å². The molecule has 1 aliphatic rings. The number of carbonyl (C=O) groups excluding carboxylic acids is 1. The number of hydrogen-bond donors (Lipinski definition) is 3. The van der Waals surface area contributed by atoms with Crippen molar-refractivity contribution in [1.82, 2.24) is 10.5 Å². The lowest BCUT2D eigenvalue weighted by Gasteiger charge is -2.38. The highest BCUT2D eigenvalue weighted by atomic mass is 19.1. The first-order valence-corrected chi connectivity index (χ1v) is 8.44. The molecule has 2 aromatic rings. The van der Waals surface area contributed by atoms with Gasteiger partial charge in [-0.25, -0.2) is 4.39 Å². The second-order valence-corrected chi connectivity index (χ2v) is 6.50. The van der Waals surface area contributed by atoms with Crippen molar-refractivity contribution in [1.29, 1.82) is 0 Å². The van der Waals surface area contributed by atoms with Crippen molar-refractivity contribution < 1.29 is 23.6 Å². The normalized spacial score (nSPS) is 20.3. The van der Waals surface area contributed by atoms with E-state index in [4.69, 9.17) is 9.26 Å². The third kappa shape index (κ3) is 4.13. The van der Waals surface area contributed by atoms with Gasteiger partial charge in [0.15, 0.2) is 0 Å². The average molecular weight is 364 g/mol. The number of methoxy groups -OCH3 is 1. The number of aromatic nitrogens is 1. The van der Waals surface area contributed by atoms with Gasteiger partial charge in [0.1, 0.15) is 17.3 Å². The number of halogens is 1. The van der Waals surface area contributed by atoms with Crippen LogP contribution in [0.2, 0.25) is 0 Å². The van der Waals surface area contributed by atoms with Crippen molar-refractivity contribution >= 4 is 5.91 Å². The van der Waals surface area contributed by atoms with Crippen molar-refractivity contribution in [2.45, 2.75) is 37.8 Å². The standard InChI is InChI=1S/C18H21FN2O5/c1-25-15-4-2-11(19)8-14(15)18(10-6-12(22)7-10)20-16(23)5-3-13-9-17(24)21-26-13/h2,4,8-10,12,18,22H,3,5-7H2,1H3,(H,20,23)(H,21,24). The van der Waals surface area contributed by atoms with Gasteiger partial charge in [-0.15, -0.1) is 0 Å². The topological polar surface area (TPSA) is 105 Å². The predicted molar refractivity (Wildman–Crippen MR) is 90.2 cm³/mol. The average Bonchev–Trinajstić information content (AvgIpc) is 3.01. The fraction of sp³-hybridized carbons (Fsp3) is 0.444. The van der Waals surface area contributed by atoms with Crippen molar-refractivity contribution in [2.75, 3.05) is 7.11 Å². The number of amides is 1. The van der Waals surface area contributed by atoms with Crippen LogP contribution in [0.15, 0.2) is 33.6 Å². The largest absolute Gasteiger partial charge is 0.496 e. The Balaban J connectivity index is 1.73. The summed E-state index contributed by atoms with van der Waals surface area (Å²) in [7, 11) is 1.49. The summed E-state index contributed by atoms with van der Waals surface area (Å²) in [6.07, 6.45) is 1.03. The lowest BCUT2D eigenvalue weighted by Crippen LogP contribution is -2.41. The third-order valence-electron chi connectivity index (χ3n) is 4.64. The summed E-state index contributed by atoms with van der Waals surface area (Å²) in [5, 5.41) is 14.7. The molecule has 0 aliphatic heterocycles. The molecule has 1 aromatic heterocycles. The number of carbonyl (C=O) groups is 1. The van der Waals surface area contributed by atoms with E-state index in [1.54, 1.807) is 0 Å². The summed E-state index contributed by atoms with van der Waals surface area (Å²) in [6, 6.07) is 5.00. The minimum atomic E-state index is -0.463. The van der Waals surface area contributed by atoms with Gasteiger partial charge >= 0.3 is 0 Å². The molecule has 1 heterocycles. The van der Waals surface area contributed by atoms with E-state index in [0.29, 0.717) is 29.9 Å². The van der Waals surface area contributed by atoms with Gasteiger partial charge < -0.3 is 19.7 Å². The molecule has 1 fully saturated rings. The summed E-state index contributed by atoms with van der Waals surface area (Å²) >= 11 is 0. The number of rotatable bonds is 7. The zero-order valence-corrected chi connectivity index (χ0v) is 14.3. The van der Waals surface area contributed by atoms with Crippen LogP contribution in [0.4, 0.5) is 4.39 Å². The summed E-state index contributed by atoms with van der Waals surface area (Å²) in [5.41, 5.74) is 0.192. The molecule has 1 aromatic carbocycles. The van der Waals surface area contributed by atoms with Crippen LogP contribution >= 0.6 is 0 Å². The Morgan fingerprint density at radius 1 is 1.46 bits per heavy atom. The zero-order valence-electron chi connectivity index (χ0n) is 14.3. The Bertz CT molecular complexity index is 825. The number of benzene rings is 1. The molecule has 26 heavy (non-hydrogen) atoms. The molecule has 0 spiro atoms. The monoisotopic (exact) mass is 364 g/mol. The van der Waals surface area contributed by atoms with Gasteiger partial charge in [0.05, 0.1) is 19.3 Å². The van der Waals surface area contributed by atoms with E-state index in [1.807, 2.05) is 0 Å². The SMILES string of the molecule is COc1ccc(F)cc1C(NC(=O)CCc1cc(=O)[nH]o1)C1CC(O)C1. The molecule has 1 unspecified atom stereocenters. The zero-order chi connectivity index (χ0) is 18.7. The molecular weight excluding hydrogens is 343 g/mol. The molecule has 1 atom stereocenters. The summed E-state index contributed by atoms with van der Waals surface area (Å²) in [5.74, 6) is 0.189. The number of H-pyrrole nitrogens is 1. The van der Waals surface area contributed by atoms with Gasteiger partial charge in [0.25, 0.3) is 5.56 Å². The molecule has 1 aliphatic carbocycles. The molecule has 3 N–H and O–H groups in total.